The summed E-state index contributed by atoms with van der Waals surface area (Å²) in [5.41, 5.74) is 9.75. The lowest BCUT2D eigenvalue weighted by Gasteiger charge is -2.13. The zero-order valence-corrected chi connectivity index (χ0v) is 12.6. The van der Waals surface area contributed by atoms with E-state index in [1.807, 2.05) is 39.0 Å². The zero-order chi connectivity index (χ0) is 15.4. The molecule has 2 rings (SSSR count). The van der Waals surface area contributed by atoms with Gasteiger partial charge in [0.2, 0.25) is 0 Å². The first-order valence-electron chi connectivity index (χ1n) is 6.92. The van der Waals surface area contributed by atoms with Crippen LogP contribution in [0.5, 0.6) is 5.75 Å². The van der Waals surface area contributed by atoms with Crippen LogP contribution in [0.4, 0.5) is 11.4 Å². The van der Waals surface area contributed by atoms with E-state index in [-0.39, 0.29) is 5.91 Å². The largest absolute Gasteiger partial charge is 0.493 e. The van der Waals surface area contributed by atoms with Gasteiger partial charge in [-0.2, -0.15) is 0 Å². The summed E-state index contributed by atoms with van der Waals surface area (Å²) in [5.74, 6) is 0.235. The third-order valence-electron chi connectivity index (χ3n) is 3.35. The Kier molecular flexibility index (Phi) is 4.48. The lowest BCUT2D eigenvalue weighted by molar-refractivity contribution is 0.102. The van der Waals surface area contributed by atoms with Crippen molar-refractivity contribution in [3.63, 3.8) is 0 Å². The standard InChI is InChI=1S/C17H20N2O2/c1-4-21-15-7-5-6-14(18)16(15)17(20)19-13-9-8-11(2)12(3)10-13/h5-10H,4,18H2,1-3H3,(H,19,20). The highest BCUT2D eigenvalue weighted by molar-refractivity contribution is 6.09. The number of aryl methyl sites for hydroxylation is 2. The van der Waals surface area contributed by atoms with Gasteiger partial charge >= 0.3 is 0 Å². The molecular formula is C17H20N2O2. The molecule has 1 amide bonds. The quantitative estimate of drug-likeness (QED) is 0.844. The minimum Gasteiger partial charge on any atom is -0.493 e. The summed E-state index contributed by atoms with van der Waals surface area (Å²) in [7, 11) is 0. The number of nitrogens with one attached hydrogen (secondary N) is 1. The van der Waals surface area contributed by atoms with Crippen molar-refractivity contribution in [2.75, 3.05) is 17.7 Å². The molecule has 0 heterocycles. The van der Waals surface area contributed by atoms with Crippen molar-refractivity contribution in [1.82, 2.24) is 0 Å². The average Bonchev–Trinajstić information content (AvgIpc) is 2.43. The number of amides is 1. The van der Waals surface area contributed by atoms with E-state index >= 15 is 0 Å². The van der Waals surface area contributed by atoms with E-state index in [1.54, 1.807) is 18.2 Å². The monoisotopic (exact) mass is 284 g/mol. The van der Waals surface area contributed by atoms with Crippen molar-refractivity contribution in [2.45, 2.75) is 20.8 Å². The molecule has 0 fully saturated rings. The number of rotatable bonds is 4. The summed E-state index contributed by atoms with van der Waals surface area (Å²) in [6.45, 7) is 6.39. The van der Waals surface area contributed by atoms with Crippen LogP contribution in [0.3, 0.4) is 0 Å². The normalized spacial score (nSPS) is 10.2. The number of carbonyl (C=O) groups excluding carboxylic acids is 1. The number of hydrogen-bond acceptors (Lipinski definition) is 3. The number of nitrogens with two attached hydrogens (primary N) is 1. The van der Waals surface area contributed by atoms with Crippen LogP contribution in [0.15, 0.2) is 36.4 Å². The number of nitrogen functional groups attached to an aromatic ring is 1. The van der Waals surface area contributed by atoms with E-state index in [0.717, 1.165) is 11.3 Å². The van der Waals surface area contributed by atoms with E-state index in [4.69, 9.17) is 10.5 Å². The minimum absolute atomic E-state index is 0.264. The van der Waals surface area contributed by atoms with E-state index in [2.05, 4.69) is 5.32 Å². The van der Waals surface area contributed by atoms with Crippen molar-refractivity contribution in [3.8, 4) is 5.75 Å². The van der Waals surface area contributed by atoms with Gasteiger partial charge in [0.25, 0.3) is 5.91 Å². The Hall–Kier alpha value is -2.49. The molecule has 0 saturated heterocycles. The highest BCUT2D eigenvalue weighted by Crippen LogP contribution is 2.26. The second kappa shape index (κ2) is 6.31. The number of benzene rings is 2. The van der Waals surface area contributed by atoms with Gasteiger partial charge in [0, 0.05) is 11.4 Å². The van der Waals surface area contributed by atoms with Crippen LogP contribution >= 0.6 is 0 Å². The van der Waals surface area contributed by atoms with Gasteiger partial charge in [-0.15, -0.1) is 0 Å². The Morgan fingerprint density at radius 1 is 1.19 bits per heavy atom. The maximum atomic E-state index is 12.5. The molecule has 0 aliphatic carbocycles. The SMILES string of the molecule is CCOc1cccc(N)c1C(=O)Nc1ccc(C)c(C)c1. The summed E-state index contributed by atoms with van der Waals surface area (Å²) in [5, 5.41) is 2.87. The van der Waals surface area contributed by atoms with Crippen molar-refractivity contribution >= 4 is 17.3 Å². The van der Waals surface area contributed by atoms with Gasteiger partial charge in [-0.25, -0.2) is 0 Å². The lowest BCUT2D eigenvalue weighted by atomic mass is 10.1. The van der Waals surface area contributed by atoms with Crippen LogP contribution in [0.25, 0.3) is 0 Å². The maximum Gasteiger partial charge on any atom is 0.261 e. The fourth-order valence-electron chi connectivity index (χ4n) is 2.08. The molecule has 2 aromatic rings. The Labute approximate surface area is 124 Å². The van der Waals surface area contributed by atoms with Crippen LogP contribution in [0.2, 0.25) is 0 Å². The lowest BCUT2D eigenvalue weighted by Crippen LogP contribution is -2.16. The first-order valence-corrected chi connectivity index (χ1v) is 6.92. The van der Waals surface area contributed by atoms with Crippen molar-refractivity contribution in [2.24, 2.45) is 0 Å². The summed E-state index contributed by atoms with van der Waals surface area (Å²) in [4.78, 5) is 12.5. The molecule has 0 atom stereocenters. The van der Waals surface area contributed by atoms with E-state index in [0.29, 0.717) is 23.6 Å². The molecule has 21 heavy (non-hydrogen) atoms. The second-order valence-electron chi connectivity index (χ2n) is 4.91. The van der Waals surface area contributed by atoms with Crippen molar-refractivity contribution in [3.05, 3.63) is 53.1 Å². The predicted molar refractivity (Wildman–Crippen MR) is 85.9 cm³/mol. The number of anilines is 2. The van der Waals surface area contributed by atoms with Gasteiger partial charge in [0.15, 0.2) is 0 Å². The minimum atomic E-state index is -0.264. The van der Waals surface area contributed by atoms with Crippen molar-refractivity contribution < 1.29 is 9.53 Å². The molecule has 0 aromatic heterocycles. The first-order chi connectivity index (χ1) is 10.0. The molecule has 4 nitrogen and oxygen atoms in total. The Bertz CT molecular complexity index is 666. The number of ether oxygens (including phenoxy) is 1. The second-order valence-corrected chi connectivity index (χ2v) is 4.91. The smallest absolute Gasteiger partial charge is 0.261 e. The molecule has 3 N–H and O–H groups in total. The Balaban J connectivity index is 2.29. The van der Waals surface area contributed by atoms with Crippen LogP contribution in [-0.4, -0.2) is 12.5 Å². The summed E-state index contributed by atoms with van der Waals surface area (Å²) in [6.07, 6.45) is 0. The van der Waals surface area contributed by atoms with Crippen LogP contribution < -0.4 is 15.8 Å². The molecule has 110 valence electrons. The van der Waals surface area contributed by atoms with Gasteiger partial charge < -0.3 is 15.8 Å². The van der Waals surface area contributed by atoms with Gasteiger partial charge in [-0.3, -0.25) is 4.79 Å². The fourth-order valence-corrected chi connectivity index (χ4v) is 2.08. The van der Waals surface area contributed by atoms with E-state index in [1.165, 1.54) is 5.56 Å². The molecule has 0 spiro atoms. The Morgan fingerprint density at radius 2 is 1.95 bits per heavy atom. The summed E-state index contributed by atoms with van der Waals surface area (Å²) < 4.78 is 5.48. The third-order valence-corrected chi connectivity index (χ3v) is 3.35. The van der Waals surface area contributed by atoms with E-state index < -0.39 is 0 Å². The number of carbonyl (C=O) groups is 1. The molecule has 0 aliphatic rings. The van der Waals surface area contributed by atoms with Crippen LogP contribution in [0.1, 0.15) is 28.4 Å². The van der Waals surface area contributed by atoms with Gasteiger partial charge in [0.05, 0.1) is 6.61 Å². The molecule has 0 unspecified atom stereocenters. The molecule has 2 aromatic carbocycles. The molecule has 4 heteroatoms. The topological polar surface area (TPSA) is 64.3 Å². The maximum absolute atomic E-state index is 12.5. The zero-order valence-electron chi connectivity index (χ0n) is 12.6. The van der Waals surface area contributed by atoms with Crippen LogP contribution in [-0.2, 0) is 0 Å². The first kappa shape index (κ1) is 14.9. The average molecular weight is 284 g/mol. The van der Waals surface area contributed by atoms with Gasteiger partial charge in [-0.05, 0) is 56.2 Å². The molecule has 0 saturated carbocycles. The molecular weight excluding hydrogens is 264 g/mol. The van der Waals surface area contributed by atoms with Crippen molar-refractivity contribution in [1.29, 1.82) is 0 Å². The van der Waals surface area contributed by atoms with Crippen LogP contribution in [0, 0.1) is 13.8 Å². The van der Waals surface area contributed by atoms with E-state index in [9.17, 15) is 4.79 Å². The summed E-state index contributed by atoms with van der Waals surface area (Å²) in [6, 6.07) is 11.0. The third kappa shape index (κ3) is 3.34. The predicted octanol–water partition coefficient (Wildman–Crippen LogP) is 3.54. The van der Waals surface area contributed by atoms with Gasteiger partial charge in [-0.1, -0.05) is 12.1 Å². The molecule has 0 aliphatic heterocycles. The molecule has 0 bridgehead atoms. The highest BCUT2D eigenvalue weighted by atomic mass is 16.5. The Morgan fingerprint density at radius 3 is 2.62 bits per heavy atom. The van der Waals surface area contributed by atoms with Gasteiger partial charge in [0.1, 0.15) is 11.3 Å². The summed E-state index contributed by atoms with van der Waals surface area (Å²) >= 11 is 0. The fraction of sp³-hybridized carbons (Fsp3) is 0.235. The number of hydrogen-bond donors (Lipinski definition) is 2. The highest BCUT2D eigenvalue weighted by Gasteiger charge is 2.16. The molecule has 0 radical (unpaired) electrons.